The molecule has 0 spiro atoms. The van der Waals surface area contributed by atoms with Crippen LogP contribution < -0.4 is 4.74 Å². The molecule has 2 aromatic heterocycles. The second kappa shape index (κ2) is 8.30. The van der Waals surface area contributed by atoms with Gasteiger partial charge in [-0.15, -0.1) is 0 Å². The Balaban J connectivity index is 1.92. The van der Waals surface area contributed by atoms with Crippen molar-refractivity contribution >= 4 is 17.4 Å². The molecule has 1 N–H and O–H groups in total. The number of methoxy groups -OCH3 is 1. The van der Waals surface area contributed by atoms with Crippen molar-refractivity contribution in [1.82, 2.24) is 19.7 Å². The number of aryl methyl sites for hydroxylation is 2. The number of aromatic nitrogens is 3. The van der Waals surface area contributed by atoms with Crippen molar-refractivity contribution < 1.29 is 19.4 Å². The number of nitrogens with zero attached hydrogens (tertiary/aromatic N) is 4. The fourth-order valence-corrected chi connectivity index (χ4v) is 4.14. The minimum atomic E-state index is -0.788. The number of ketones is 1. The minimum Gasteiger partial charge on any atom is -0.507 e. The first kappa shape index (κ1) is 21.3. The molecule has 3 heterocycles. The van der Waals surface area contributed by atoms with Gasteiger partial charge in [0.15, 0.2) is 0 Å². The molecule has 1 saturated heterocycles. The molecule has 1 fully saturated rings. The zero-order valence-electron chi connectivity index (χ0n) is 18.4. The highest BCUT2D eigenvalue weighted by Crippen LogP contribution is 2.41. The summed E-state index contributed by atoms with van der Waals surface area (Å²) >= 11 is 0. The molecule has 1 aliphatic rings. The van der Waals surface area contributed by atoms with Gasteiger partial charge in [-0.25, -0.2) is 0 Å². The molecule has 0 unspecified atom stereocenters. The predicted molar refractivity (Wildman–Crippen MR) is 118 cm³/mol. The Bertz CT molecular complexity index is 1230. The second-order valence-corrected chi connectivity index (χ2v) is 7.73. The Hall–Kier alpha value is -3.94. The van der Waals surface area contributed by atoms with E-state index >= 15 is 0 Å². The van der Waals surface area contributed by atoms with E-state index in [0.717, 1.165) is 5.56 Å². The second-order valence-electron chi connectivity index (χ2n) is 7.73. The highest BCUT2D eigenvalue weighted by molar-refractivity contribution is 6.46. The summed E-state index contributed by atoms with van der Waals surface area (Å²) in [5, 5.41) is 15.7. The summed E-state index contributed by atoms with van der Waals surface area (Å²) in [6.45, 7) is 3.73. The van der Waals surface area contributed by atoms with Gasteiger partial charge in [0, 0.05) is 31.7 Å². The van der Waals surface area contributed by atoms with Crippen LogP contribution in [-0.2, 0) is 23.2 Å². The highest BCUT2D eigenvalue weighted by atomic mass is 16.5. The van der Waals surface area contributed by atoms with Crippen LogP contribution in [0.25, 0.3) is 5.76 Å². The Morgan fingerprint density at radius 3 is 2.59 bits per heavy atom. The van der Waals surface area contributed by atoms with Gasteiger partial charge in [0.1, 0.15) is 11.5 Å². The first-order valence-corrected chi connectivity index (χ1v) is 10.1. The zero-order chi connectivity index (χ0) is 23.0. The molecule has 3 aromatic rings. The number of rotatable bonds is 5. The fraction of sp³-hybridized carbons (Fsp3) is 0.250. The minimum absolute atomic E-state index is 0.0337. The van der Waals surface area contributed by atoms with Crippen LogP contribution in [0, 0.1) is 13.8 Å². The Morgan fingerprint density at radius 1 is 1.19 bits per heavy atom. The van der Waals surface area contributed by atoms with Crippen LogP contribution in [0.2, 0.25) is 0 Å². The van der Waals surface area contributed by atoms with Gasteiger partial charge in [-0.1, -0.05) is 18.2 Å². The molecule has 1 atom stereocenters. The van der Waals surface area contributed by atoms with Gasteiger partial charge in [-0.3, -0.25) is 19.3 Å². The first-order valence-electron chi connectivity index (χ1n) is 10.1. The fourth-order valence-electron chi connectivity index (χ4n) is 4.14. The number of pyridine rings is 1. The van der Waals surface area contributed by atoms with E-state index in [1.54, 1.807) is 69.3 Å². The lowest BCUT2D eigenvalue weighted by atomic mass is 9.94. The van der Waals surface area contributed by atoms with E-state index in [-0.39, 0.29) is 17.9 Å². The van der Waals surface area contributed by atoms with Gasteiger partial charge in [-0.05, 0) is 43.2 Å². The first-order chi connectivity index (χ1) is 15.3. The average molecular weight is 432 g/mol. The summed E-state index contributed by atoms with van der Waals surface area (Å²) in [6, 6.07) is 9.98. The lowest BCUT2D eigenvalue weighted by molar-refractivity contribution is -0.140. The maximum absolute atomic E-state index is 13.2. The van der Waals surface area contributed by atoms with E-state index in [2.05, 4.69) is 10.1 Å². The number of carbonyl (C=O) groups is 2. The van der Waals surface area contributed by atoms with Gasteiger partial charge in [0.2, 0.25) is 0 Å². The highest BCUT2D eigenvalue weighted by Gasteiger charge is 2.46. The average Bonchev–Trinajstić information content (AvgIpc) is 3.20. The van der Waals surface area contributed by atoms with Crippen LogP contribution in [-0.4, -0.2) is 43.6 Å². The summed E-state index contributed by atoms with van der Waals surface area (Å²) in [7, 11) is 3.31. The number of aliphatic hydroxyl groups excluding tert-OH is 1. The molecule has 1 aliphatic heterocycles. The Morgan fingerprint density at radius 2 is 1.97 bits per heavy atom. The molecule has 32 heavy (non-hydrogen) atoms. The smallest absolute Gasteiger partial charge is 0.295 e. The van der Waals surface area contributed by atoms with Crippen LogP contribution in [0.3, 0.4) is 0 Å². The number of carbonyl (C=O) groups excluding carboxylic acids is 2. The monoisotopic (exact) mass is 432 g/mol. The Labute approximate surface area is 185 Å². The molecule has 0 bridgehead atoms. The van der Waals surface area contributed by atoms with Crippen LogP contribution in [0.1, 0.15) is 34.1 Å². The number of amides is 1. The summed E-state index contributed by atoms with van der Waals surface area (Å²) in [4.78, 5) is 31.9. The van der Waals surface area contributed by atoms with Gasteiger partial charge in [-0.2, -0.15) is 5.10 Å². The lowest BCUT2D eigenvalue weighted by Gasteiger charge is -2.25. The molecular formula is C24H24N4O4. The normalized spacial score (nSPS) is 17.8. The number of hydrogen-bond donors (Lipinski definition) is 1. The van der Waals surface area contributed by atoms with E-state index in [1.807, 2.05) is 12.1 Å². The summed E-state index contributed by atoms with van der Waals surface area (Å²) in [5.74, 6) is -1.06. The van der Waals surface area contributed by atoms with Crippen LogP contribution in [0.4, 0.5) is 0 Å². The number of hydrogen-bond acceptors (Lipinski definition) is 6. The summed E-state index contributed by atoms with van der Waals surface area (Å²) in [5.41, 5.74) is 3.20. The van der Waals surface area contributed by atoms with Crippen LogP contribution in [0.15, 0.2) is 54.4 Å². The van der Waals surface area contributed by atoms with E-state index in [9.17, 15) is 14.7 Å². The van der Waals surface area contributed by atoms with Gasteiger partial charge in [0.25, 0.3) is 11.7 Å². The van der Waals surface area contributed by atoms with Gasteiger partial charge < -0.3 is 14.7 Å². The third-order valence-electron chi connectivity index (χ3n) is 5.77. The Kier molecular flexibility index (Phi) is 5.52. The van der Waals surface area contributed by atoms with Crippen molar-refractivity contribution in [2.24, 2.45) is 7.05 Å². The number of benzene rings is 1. The van der Waals surface area contributed by atoms with Gasteiger partial charge >= 0.3 is 0 Å². The van der Waals surface area contributed by atoms with Crippen LogP contribution in [0.5, 0.6) is 5.75 Å². The van der Waals surface area contributed by atoms with Crippen molar-refractivity contribution in [3.63, 3.8) is 0 Å². The molecule has 0 aliphatic carbocycles. The topological polar surface area (TPSA) is 97.5 Å². The van der Waals surface area contributed by atoms with E-state index < -0.39 is 17.7 Å². The van der Waals surface area contributed by atoms with E-state index in [1.165, 1.54) is 4.90 Å². The largest absolute Gasteiger partial charge is 0.507 e. The molecule has 0 saturated carbocycles. The molecule has 8 heteroatoms. The number of aliphatic hydroxyl groups is 1. The summed E-state index contributed by atoms with van der Waals surface area (Å²) < 4.78 is 6.99. The number of likely N-dealkylation sites (tertiary alicyclic amines) is 1. The standard InChI is InChI=1S/C24H24N4O4/c1-14-19(15(2)27(3)26-14)22(29)20-21(17-8-5-9-18(11-17)32-4)28(24(31)23(20)30)13-16-7-6-10-25-12-16/h5-12,21,29H,13H2,1-4H3/b22-20+/t21-/m0/s1. The molecule has 4 rings (SSSR count). The van der Waals surface area contributed by atoms with Crippen molar-refractivity contribution in [2.75, 3.05) is 7.11 Å². The van der Waals surface area contributed by atoms with Gasteiger partial charge in [0.05, 0.1) is 30.0 Å². The van der Waals surface area contributed by atoms with E-state index in [4.69, 9.17) is 4.74 Å². The molecular weight excluding hydrogens is 408 g/mol. The number of ether oxygens (including phenoxy) is 1. The molecule has 8 nitrogen and oxygen atoms in total. The molecule has 1 aromatic carbocycles. The molecule has 0 radical (unpaired) electrons. The van der Waals surface area contributed by atoms with Crippen molar-refractivity contribution in [1.29, 1.82) is 0 Å². The van der Waals surface area contributed by atoms with Crippen molar-refractivity contribution in [3.05, 3.63) is 82.4 Å². The maximum Gasteiger partial charge on any atom is 0.295 e. The quantitative estimate of drug-likeness (QED) is 0.378. The molecule has 1 amide bonds. The molecule has 164 valence electrons. The number of Topliss-reactive ketones (excluding diaryl/α,β-unsaturated/α-hetero) is 1. The third kappa shape index (κ3) is 3.53. The predicted octanol–water partition coefficient (Wildman–Crippen LogP) is 3.06. The lowest BCUT2D eigenvalue weighted by Crippen LogP contribution is -2.29. The maximum atomic E-state index is 13.2. The zero-order valence-corrected chi connectivity index (χ0v) is 18.4. The third-order valence-corrected chi connectivity index (χ3v) is 5.77. The van der Waals surface area contributed by atoms with E-state index in [0.29, 0.717) is 28.3 Å². The summed E-state index contributed by atoms with van der Waals surface area (Å²) in [6.07, 6.45) is 3.29. The van der Waals surface area contributed by atoms with Crippen LogP contribution >= 0.6 is 0 Å². The SMILES string of the molecule is COc1cccc([C@H]2/C(=C(\O)c3c(C)nn(C)c3C)C(=O)C(=O)N2Cc2cccnc2)c1. The van der Waals surface area contributed by atoms with Crippen molar-refractivity contribution in [2.45, 2.75) is 26.4 Å². The van der Waals surface area contributed by atoms with Crippen molar-refractivity contribution in [3.8, 4) is 5.75 Å².